The van der Waals surface area contributed by atoms with Crippen molar-refractivity contribution in [2.24, 2.45) is 0 Å². The van der Waals surface area contributed by atoms with E-state index in [1.807, 2.05) is 39.0 Å². The van der Waals surface area contributed by atoms with Gasteiger partial charge in [0, 0.05) is 31.7 Å². The Bertz CT molecular complexity index is 1250. The lowest BCUT2D eigenvalue weighted by Gasteiger charge is -2.25. The standard InChI is InChI=1S/C27H38N4O3S2/c1-6-10-18-30(9-4)36(33,34)23-16-14-22(15-17-23)26(32)31(20-19-29(7-2)8-3)27-28-25-21(5)12-11-13-24(25)35-27/h11-17H,6-10,18-20H2,1-5H3. The van der Waals surface area contributed by atoms with Crippen molar-refractivity contribution in [2.45, 2.75) is 52.4 Å². The summed E-state index contributed by atoms with van der Waals surface area (Å²) in [7, 11) is -3.60. The van der Waals surface area contributed by atoms with Crippen LogP contribution in [0.5, 0.6) is 0 Å². The number of hydrogen-bond acceptors (Lipinski definition) is 6. The molecule has 0 saturated heterocycles. The van der Waals surface area contributed by atoms with Crippen LogP contribution in [0.25, 0.3) is 10.2 Å². The van der Waals surface area contributed by atoms with Crippen LogP contribution in [-0.2, 0) is 10.0 Å². The number of aryl methyl sites for hydroxylation is 1. The largest absolute Gasteiger partial charge is 0.302 e. The minimum Gasteiger partial charge on any atom is -0.302 e. The Morgan fingerprint density at radius 2 is 1.61 bits per heavy atom. The highest BCUT2D eigenvalue weighted by Crippen LogP contribution is 2.31. The lowest BCUT2D eigenvalue weighted by molar-refractivity contribution is 0.0983. The van der Waals surface area contributed by atoms with Gasteiger partial charge < -0.3 is 4.90 Å². The molecule has 1 heterocycles. The number of carbonyl (C=O) groups is 1. The number of anilines is 1. The SMILES string of the molecule is CCCCN(CC)S(=O)(=O)c1ccc(C(=O)N(CCN(CC)CC)c2nc3c(C)cccc3s2)cc1. The van der Waals surface area contributed by atoms with Gasteiger partial charge in [0.15, 0.2) is 5.13 Å². The fourth-order valence-electron chi connectivity index (χ4n) is 4.11. The van der Waals surface area contributed by atoms with E-state index in [4.69, 9.17) is 4.98 Å². The van der Waals surface area contributed by atoms with E-state index in [-0.39, 0.29) is 10.8 Å². The number of fused-ring (bicyclic) bond motifs is 1. The maximum atomic E-state index is 13.7. The molecule has 36 heavy (non-hydrogen) atoms. The van der Waals surface area contributed by atoms with E-state index in [1.54, 1.807) is 29.2 Å². The molecular weight excluding hydrogens is 492 g/mol. The molecule has 3 aromatic rings. The molecule has 2 aromatic carbocycles. The van der Waals surface area contributed by atoms with E-state index in [0.717, 1.165) is 48.3 Å². The Balaban J connectivity index is 1.92. The average molecular weight is 531 g/mol. The lowest BCUT2D eigenvalue weighted by Crippen LogP contribution is -2.39. The van der Waals surface area contributed by atoms with E-state index in [2.05, 4.69) is 18.7 Å². The molecule has 0 spiro atoms. The number of sulfonamides is 1. The molecule has 1 amide bonds. The molecule has 0 aliphatic carbocycles. The van der Waals surface area contributed by atoms with Crippen LogP contribution in [-0.4, -0.2) is 67.8 Å². The van der Waals surface area contributed by atoms with E-state index >= 15 is 0 Å². The van der Waals surface area contributed by atoms with Crippen LogP contribution < -0.4 is 4.90 Å². The summed E-state index contributed by atoms with van der Waals surface area (Å²) in [6, 6.07) is 12.4. The summed E-state index contributed by atoms with van der Waals surface area (Å²) in [5.41, 5.74) is 2.43. The lowest BCUT2D eigenvalue weighted by atomic mass is 10.2. The van der Waals surface area contributed by atoms with Gasteiger partial charge in [-0.05, 0) is 62.3 Å². The molecule has 0 aliphatic heterocycles. The molecule has 0 saturated carbocycles. The Labute approximate surface area is 219 Å². The molecule has 0 N–H and O–H groups in total. The van der Waals surface area contributed by atoms with Crippen molar-refractivity contribution >= 4 is 42.6 Å². The third kappa shape index (κ3) is 6.32. The number of likely N-dealkylation sites (N-methyl/N-ethyl adjacent to an activating group) is 1. The first-order chi connectivity index (χ1) is 17.3. The van der Waals surface area contributed by atoms with Gasteiger partial charge in [0.1, 0.15) is 0 Å². The minimum atomic E-state index is -3.60. The minimum absolute atomic E-state index is 0.179. The summed E-state index contributed by atoms with van der Waals surface area (Å²) < 4.78 is 28.7. The maximum absolute atomic E-state index is 13.7. The van der Waals surface area contributed by atoms with Crippen molar-refractivity contribution in [1.29, 1.82) is 0 Å². The van der Waals surface area contributed by atoms with Crippen LogP contribution in [0.1, 0.15) is 56.5 Å². The van der Waals surface area contributed by atoms with Crippen molar-refractivity contribution in [1.82, 2.24) is 14.2 Å². The molecule has 196 valence electrons. The topological polar surface area (TPSA) is 73.8 Å². The molecule has 0 fully saturated rings. The number of rotatable bonds is 13. The summed E-state index contributed by atoms with van der Waals surface area (Å²) in [5, 5.41) is 0.657. The van der Waals surface area contributed by atoms with Gasteiger partial charge in [-0.1, -0.05) is 57.6 Å². The summed E-state index contributed by atoms with van der Waals surface area (Å²) >= 11 is 1.50. The smallest absolute Gasteiger partial charge is 0.260 e. The molecule has 1 aromatic heterocycles. The fourth-order valence-corrected chi connectivity index (χ4v) is 6.67. The molecule has 7 nitrogen and oxygen atoms in total. The maximum Gasteiger partial charge on any atom is 0.260 e. The second-order valence-electron chi connectivity index (χ2n) is 8.78. The first kappa shape index (κ1) is 28.2. The Hall–Kier alpha value is -2.33. The number of aromatic nitrogens is 1. The summed E-state index contributed by atoms with van der Waals surface area (Å²) in [6.45, 7) is 14.1. The van der Waals surface area contributed by atoms with E-state index in [0.29, 0.717) is 30.3 Å². The van der Waals surface area contributed by atoms with Crippen LogP contribution in [0.3, 0.4) is 0 Å². The number of benzene rings is 2. The number of amides is 1. The highest BCUT2D eigenvalue weighted by molar-refractivity contribution is 7.89. The number of hydrogen-bond donors (Lipinski definition) is 0. The monoisotopic (exact) mass is 530 g/mol. The zero-order valence-corrected chi connectivity index (χ0v) is 23.7. The quantitative estimate of drug-likeness (QED) is 0.296. The molecule has 3 rings (SSSR count). The Morgan fingerprint density at radius 1 is 0.917 bits per heavy atom. The van der Waals surface area contributed by atoms with Crippen LogP contribution in [0.15, 0.2) is 47.4 Å². The molecule has 0 unspecified atom stereocenters. The van der Waals surface area contributed by atoms with Gasteiger partial charge in [0.2, 0.25) is 10.0 Å². The molecule has 0 atom stereocenters. The van der Waals surface area contributed by atoms with Gasteiger partial charge >= 0.3 is 0 Å². The van der Waals surface area contributed by atoms with Gasteiger partial charge in [-0.2, -0.15) is 4.31 Å². The number of nitrogens with zero attached hydrogens (tertiary/aromatic N) is 4. The van der Waals surface area contributed by atoms with Crippen LogP contribution in [0, 0.1) is 6.92 Å². The van der Waals surface area contributed by atoms with Gasteiger partial charge in [0.25, 0.3) is 5.91 Å². The van der Waals surface area contributed by atoms with Crippen LogP contribution >= 0.6 is 11.3 Å². The predicted octanol–water partition coefficient (Wildman–Crippen LogP) is 5.40. The predicted molar refractivity (Wildman–Crippen MR) is 150 cm³/mol. The van der Waals surface area contributed by atoms with Gasteiger partial charge in [-0.3, -0.25) is 9.69 Å². The number of unbranched alkanes of at least 4 members (excludes halogenated alkanes) is 1. The molecule has 0 aliphatic rings. The van der Waals surface area contributed by atoms with Crippen molar-refractivity contribution in [2.75, 3.05) is 44.2 Å². The normalized spacial score (nSPS) is 12.1. The van der Waals surface area contributed by atoms with Crippen LogP contribution in [0.4, 0.5) is 5.13 Å². The summed E-state index contributed by atoms with van der Waals surface area (Å²) in [6.07, 6.45) is 1.74. The van der Waals surface area contributed by atoms with Crippen molar-refractivity contribution in [3.05, 3.63) is 53.6 Å². The second kappa shape index (κ2) is 12.8. The number of thiazole rings is 1. The third-order valence-corrected chi connectivity index (χ3v) is 9.50. The summed E-state index contributed by atoms with van der Waals surface area (Å²) in [4.78, 5) is 22.7. The zero-order chi connectivity index (χ0) is 26.3. The molecule has 0 bridgehead atoms. The third-order valence-electron chi connectivity index (χ3n) is 6.47. The number of carbonyl (C=O) groups excluding carboxylic acids is 1. The van der Waals surface area contributed by atoms with Gasteiger partial charge in [-0.15, -0.1) is 0 Å². The van der Waals surface area contributed by atoms with Crippen molar-refractivity contribution in [3.8, 4) is 0 Å². The fraction of sp³-hybridized carbons (Fsp3) is 0.481. The first-order valence-corrected chi connectivity index (χ1v) is 15.0. The number of para-hydroxylation sites is 1. The molecule has 9 heteroatoms. The molecular formula is C27H38N4O3S2. The zero-order valence-electron chi connectivity index (χ0n) is 22.0. The Morgan fingerprint density at radius 3 is 2.19 bits per heavy atom. The van der Waals surface area contributed by atoms with Gasteiger partial charge in [-0.25, -0.2) is 13.4 Å². The van der Waals surface area contributed by atoms with Crippen molar-refractivity contribution in [3.63, 3.8) is 0 Å². The van der Waals surface area contributed by atoms with Crippen LogP contribution in [0.2, 0.25) is 0 Å². The average Bonchev–Trinajstić information content (AvgIpc) is 3.32. The van der Waals surface area contributed by atoms with E-state index in [9.17, 15) is 13.2 Å². The highest BCUT2D eigenvalue weighted by atomic mass is 32.2. The van der Waals surface area contributed by atoms with E-state index in [1.165, 1.54) is 15.6 Å². The van der Waals surface area contributed by atoms with Crippen molar-refractivity contribution < 1.29 is 13.2 Å². The first-order valence-electron chi connectivity index (χ1n) is 12.8. The second-order valence-corrected chi connectivity index (χ2v) is 11.7. The van der Waals surface area contributed by atoms with Gasteiger partial charge in [0.05, 0.1) is 15.1 Å². The highest BCUT2D eigenvalue weighted by Gasteiger charge is 2.25. The van der Waals surface area contributed by atoms with E-state index < -0.39 is 10.0 Å². The molecule has 0 radical (unpaired) electrons. The Kier molecular flexibility index (Phi) is 10.0. The summed E-state index contributed by atoms with van der Waals surface area (Å²) in [5.74, 6) is -0.179.